The molecule has 9 heteroatoms. The van der Waals surface area contributed by atoms with Crippen LogP contribution >= 0.6 is 0 Å². The number of alkyl halides is 3. The minimum Gasteiger partial charge on any atom is -0.497 e. The van der Waals surface area contributed by atoms with E-state index in [1.807, 2.05) is 13.8 Å². The number of unbranched alkanes of at least 4 members (excludes halogenated alkanes) is 2. The van der Waals surface area contributed by atoms with Crippen LogP contribution in [-0.2, 0) is 23.1 Å². The number of ether oxygens (including phenoxy) is 1. The van der Waals surface area contributed by atoms with Gasteiger partial charge in [0, 0.05) is 6.07 Å². The number of carbonyl (C=O) groups excluding carboxylic acids is 1. The third-order valence-electron chi connectivity index (χ3n) is 5.89. The number of hydrogen-bond donors (Lipinski definition) is 0. The van der Waals surface area contributed by atoms with E-state index in [9.17, 15) is 22.8 Å². The number of anilines is 1. The Labute approximate surface area is 185 Å². The Morgan fingerprint density at radius 1 is 1.03 bits per heavy atom. The van der Waals surface area contributed by atoms with Crippen molar-refractivity contribution in [3.8, 4) is 5.75 Å². The van der Waals surface area contributed by atoms with Gasteiger partial charge >= 0.3 is 6.18 Å². The second-order valence-electron chi connectivity index (χ2n) is 8.09. The van der Waals surface area contributed by atoms with Crippen LogP contribution in [0, 0.1) is 0 Å². The third kappa shape index (κ3) is 4.38. The third-order valence-corrected chi connectivity index (χ3v) is 5.89. The number of halogens is 3. The van der Waals surface area contributed by atoms with Crippen molar-refractivity contribution in [1.82, 2.24) is 9.55 Å². The monoisotopic (exact) mass is 451 g/mol. The van der Waals surface area contributed by atoms with E-state index in [-0.39, 0.29) is 18.4 Å². The van der Waals surface area contributed by atoms with Crippen LogP contribution in [0.4, 0.5) is 19.1 Å². The molecule has 1 aliphatic heterocycles. The van der Waals surface area contributed by atoms with Crippen LogP contribution in [0.15, 0.2) is 35.1 Å². The van der Waals surface area contributed by atoms with Gasteiger partial charge in [-0.2, -0.15) is 13.2 Å². The number of fused-ring (bicyclic) bond motifs is 1. The maximum atomic E-state index is 13.8. The van der Waals surface area contributed by atoms with Gasteiger partial charge in [-0.1, -0.05) is 51.7 Å². The fourth-order valence-electron chi connectivity index (χ4n) is 4.19. The summed E-state index contributed by atoms with van der Waals surface area (Å²) < 4.78 is 46.7. The first-order chi connectivity index (χ1) is 15.2. The van der Waals surface area contributed by atoms with Crippen LogP contribution in [0.2, 0.25) is 0 Å². The predicted octanol–water partition coefficient (Wildman–Crippen LogP) is 4.89. The Balaban J connectivity index is 2.17. The lowest BCUT2D eigenvalue weighted by Crippen LogP contribution is -2.46. The van der Waals surface area contributed by atoms with Gasteiger partial charge in [0.2, 0.25) is 5.95 Å². The van der Waals surface area contributed by atoms with E-state index in [2.05, 4.69) is 4.98 Å². The lowest BCUT2D eigenvalue weighted by atomic mass is 9.86. The number of amides is 1. The van der Waals surface area contributed by atoms with Gasteiger partial charge < -0.3 is 4.74 Å². The fraction of sp³-hybridized carbons (Fsp3) is 0.522. The molecule has 174 valence electrons. The molecular weight excluding hydrogens is 423 g/mol. The second kappa shape index (κ2) is 9.34. The van der Waals surface area contributed by atoms with Gasteiger partial charge in [0.1, 0.15) is 11.3 Å². The molecule has 2 aromatic rings. The molecule has 6 nitrogen and oxygen atoms in total. The number of aromatic nitrogens is 2. The van der Waals surface area contributed by atoms with Gasteiger partial charge in [-0.15, -0.1) is 0 Å². The summed E-state index contributed by atoms with van der Waals surface area (Å²) in [6, 6.07) is 7.40. The molecule has 3 rings (SSSR count). The maximum Gasteiger partial charge on any atom is 0.433 e. The Morgan fingerprint density at radius 2 is 1.62 bits per heavy atom. The summed E-state index contributed by atoms with van der Waals surface area (Å²) in [5.74, 6) is 0.00725. The molecule has 1 aliphatic rings. The highest BCUT2D eigenvalue weighted by molar-refractivity contribution is 6.01. The number of nitrogens with zero attached hydrogens (tertiary/aromatic N) is 3. The first-order valence-corrected chi connectivity index (χ1v) is 10.8. The van der Waals surface area contributed by atoms with Crippen LogP contribution in [0.25, 0.3) is 0 Å². The van der Waals surface area contributed by atoms with E-state index in [1.54, 1.807) is 24.3 Å². The highest BCUT2D eigenvalue weighted by Gasteiger charge is 2.52. The highest BCUT2D eigenvalue weighted by atomic mass is 19.4. The van der Waals surface area contributed by atoms with E-state index >= 15 is 0 Å². The molecule has 2 heterocycles. The van der Waals surface area contributed by atoms with Crippen LogP contribution in [-0.4, -0.2) is 22.6 Å². The summed E-state index contributed by atoms with van der Waals surface area (Å²) in [7, 11) is 1.53. The standard InChI is InChI=1S/C23H28F3N3O3/c1-4-6-12-22(13-7-5-2)20(31)28(15-16-8-10-17(32-3)11-9-16)21-27-18(23(24,25)26)14-19(30)29(21)22/h8-11,14H,4-7,12-13,15H2,1-3H3. The van der Waals surface area contributed by atoms with Gasteiger partial charge in [-0.25, -0.2) is 4.98 Å². The molecule has 1 aromatic heterocycles. The molecule has 1 aromatic carbocycles. The van der Waals surface area contributed by atoms with E-state index in [4.69, 9.17) is 4.74 Å². The Hall–Kier alpha value is -2.84. The van der Waals surface area contributed by atoms with Crippen LogP contribution < -0.4 is 15.2 Å². The van der Waals surface area contributed by atoms with Gasteiger partial charge in [0.05, 0.1) is 13.7 Å². The van der Waals surface area contributed by atoms with Crippen LogP contribution in [0.5, 0.6) is 5.75 Å². The molecule has 0 spiro atoms. The van der Waals surface area contributed by atoms with Crippen molar-refractivity contribution in [1.29, 1.82) is 0 Å². The molecular formula is C23H28F3N3O3. The number of benzene rings is 1. The summed E-state index contributed by atoms with van der Waals surface area (Å²) in [6.07, 6.45) is -1.13. The molecule has 0 aliphatic carbocycles. The average molecular weight is 451 g/mol. The molecule has 0 N–H and O–H groups in total. The quantitative estimate of drug-likeness (QED) is 0.544. The summed E-state index contributed by atoms with van der Waals surface area (Å²) in [6.45, 7) is 3.95. The van der Waals surface area contributed by atoms with E-state index < -0.39 is 23.0 Å². The lowest BCUT2D eigenvalue weighted by Gasteiger charge is -2.29. The molecule has 1 amide bonds. The minimum absolute atomic E-state index is 0.0105. The minimum atomic E-state index is -4.79. The van der Waals surface area contributed by atoms with Gasteiger partial charge in [-0.3, -0.25) is 19.1 Å². The Kier molecular flexibility index (Phi) is 6.95. The summed E-state index contributed by atoms with van der Waals surface area (Å²) in [5.41, 5.74) is -2.66. The van der Waals surface area contributed by atoms with E-state index in [0.717, 1.165) is 12.8 Å². The van der Waals surface area contributed by atoms with Crippen molar-refractivity contribution in [2.75, 3.05) is 12.0 Å². The second-order valence-corrected chi connectivity index (χ2v) is 8.09. The molecule has 32 heavy (non-hydrogen) atoms. The van der Waals surface area contributed by atoms with Gasteiger partial charge in [0.15, 0.2) is 5.69 Å². The Morgan fingerprint density at radius 3 is 2.12 bits per heavy atom. The molecule has 0 radical (unpaired) electrons. The molecule has 0 saturated carbocycles. The summed E-state index contributed by atoms with van der Waals surface area (Å²) >= 11 is 0. The van der Waals surface area contributed by atoms with E-state index in [1.165, 1.54) is 16.6 Å². The number of methoxy groups -OCH3 is 1. The highest BCUT2D eigenvalue weighted by Crippen LogP contribution is 2.42. The zero-order valence-corrected chi connectivity index (χ0v) is 18.5. The zero-order valence-electron chi connectivity index (χ0n) is 18.5. The number of rotatable bonds is 9. The normalized spacial score (nSPS) is 15.2. The smallest absolute Gasteiger partial charge is 0.433 e. The predicted molar refractivity (Wildman–Crippen MR) is 115 cm³/mol. The maximum absolute atomic E-state index is 13.8. The molecule has 0 saturated heterocycles. The van der Waals surface area contributed by atoms with Crippen molar-refractivity contribution in [2.24, 2.45) is 0 Å². The van der Waals surface area contributed by atoms with Crippen molar-refractivity contribution >= 4 is 11.9 Å². The molecule has 0 fully saturated rings. The fourth-order valence-corrected chi connectivity index (χ4v) is 4.19. The summed E-state index contributed by atoms with van der Waals surface area (Å²) in [5, 5.41) is 0. The van der Waals surface area contributed by atoms with E-state index in [0.29, 0.717) is 43.1 Å². The van der Waals surface area contributed by atoms with Gasteiger partial charge in [0.25, 0.3) is 11.5 Å². The Bertz CT molecular complexity index is 1010. The van der Waals surface area contributed by atoms with Crippen molar-refractivity contribution in [3.05, 3.63) is 51.9 Å². The molecule has 0 unspecified atom stereocenters. The average Bonchev–Trinajstić information content (AvgIpc) is 2.99. The van der Waals surface area contributed by atoms with Crippen molar-refractivity contribution in [3.63, 3.8) is 0 Å². The SMILES string of the molecule is CCCCC1(CCCC)C(=O)N(Cc2ccc(OC)cc2)c2nc(C(F)(F)F)cc(=O)n21. The van der Waals surface area contributed by atoms with Crippen LogP contribution in [0.1, 0.15) is 63.6 Å². The molecule has 0 atom stereocenters. The van der Waals surface area contributed by atoms with Crippen molar-refractivity contribution < 1.29 is 22.7 Å². The van der Waals surface area contributed by atoms with Gasteiger partial charge in [-0.05, 0) is 30.5 Å². The largest absolute Gasteiger partial charge is 0.497 e. The zero-order chi connectivity index (χ0) is 23.5. The number of hydrogen-bond acceptors (Lipinski definition) is 4. The first kappa shape index (κ1) is 23.8. The van der Waals surface area contributed by atoms with Crippen LogP contribution in [0.3, 0.4) is 0 Å². The lowest BCUT2D eigenvalue weighted by molar-refractivity contribution is -0.141. The van der Waals surface area contributed by atoms with Crippen molar-refractivity contribution in [2.45, 2.75) is 70.6 Å². The summed E-state index contributed by atoms with van der Waals surface area (Å²) in [4.78, 5) is 31.7. The topological polar surface area (TPSA) is 64.4 Å². The first-order valence-electron chi connectivity index (χ1n) is 10.8. The number of carbonyl (C=O) groups is 1. The molecule has 0 bridgehead atoms.